The second-order valence-electron chi connectivity index (χ2n) is 4.61. The van der Waals surface area contributed by atoms with Crippen LogP contribution >= 0.6 is 0 Å². The number of nitrogen functional groups attached to an aromatic ring is 1. The lowest BCUT2D eigenvalue weighted by atomic mass is 10.1. The number of carbonyl (C=O) groups excluding carboxylic acids is 1. The molecule has 0 saturated heterocycles. The number of para-hydroxylation sites is 1. The molecule has 0 aliphatic rings. The maximum atomic E-state index is 12.2. The molecule has 0 radical (unpaired) electrons. The minimum atomic E-state index is -0.187. The molecule has 0 aliphatic carbocycles. The lowest BCUT2D eigenvalue weighted by molar-refractivity contribution is 0.0950. The zero-order valence-electron chi connectivity index (χ0n) is 12.3. The maximum absolute atomic E-state index is 12.2. The Morgan fingerprint density at radius 2 is 2.24 bits per heavy atom. The largest absolute Gasteiger partial charge is 0.491 e. The smallest absolute Gasteiger partial charge is 0.255 e. The van der Waals surface area contributed by atoms with Gasteiger partial charge in [0.1, 0.15) is 0 Å². The van der Waals surface area contributed by atoms with E-state index in [9.17, 15) is 4.79 Å². The third-order valence-corrected chi connectivity index (χ3v) is 3.17. The van der Waals surface area contributed by atoms with Crippen LogP contribution in [0.15, 0.2) is 30.5 Å². The van der Waals surface area contributed by atoms with Gasteiger partial charge in [0.2, 0.25) is 0 Å². The van der Waals surface area contributed by atoms with E-state index in [4.69, 9.17) is 10.5 Å². The molecule has 21 heavy (non-hydrogen) atoms. The molecule has 112 valence electrons. The SMILES string of the molecule is CCOc1c(N)cccc1C(=O)NCCc1ccnn1C. The fraction of sp³-hybridized carbons (Fsp3) is 0.333. The fourth-order valence-electron chi connectivity index (χ4n) is 2.08. The number of nitrogens with one attached hydrogen (secondary N) is 1. The third-order valence-electron chi connectivity index (χ3n) is 3.17. The van der Waals surface area contributed by atoms with Crippen LogP contribution in [0.3, 0.4) is 0 Å². The second kappa shape index (κ2) is 6.78. The molecule has 0 fully saturated rings. The van der Waals surface area contributed by atoms with Gasteiger partial charge in [-0.15, -0.1) is 0 Å². The predicted molar refractivity (Wildman–Crippen MR) is 81.3 cm³/mol. The first kappa shape index (κ1) is 14.9. The summed E-state index contributed by atoms with van der Waals surface area (Å²) in [7, 11) is 1.88. The van der Waals surface area contributed by atoms with Gasteiger partial charge in [0, 0.05) is 31.9 Å². The summed E-state index contributed by atoms with van der Waals surface area (Å²) in [6.07, 6.45) is 2.46. The van der Waals surface area contributed by atoms with Gasteiger partial charge in [0.25, 0.3) is 5.91 Å². The highest BCUT2D eigenvalue weighted by Crippen LogP contribution is 2.26. The van der Waals surface area contributed by atoms with Crippen molar-refractivity contribution in [3.8, 4) is 5.75 Å². The third kappa shape index (κ3) is 3.53. The molecule has 3 N–H and O–H groups in total. The van der Waals surface area contributed by atoms with Crippen LogP contribution in [0.2, 0.25) is 0 Å². The molecular formula is C15H20N4O2. The molecule has 1 aromatic carbocycles. The summed E-state index contributed by atoms with van der Waals surface area (Å²) in [5.41, 5.74) is 7.85. The maximum Gasteiger partial charge on any atom is 0.255 e. The Bertz CT molecular complexity index is 622. The lowest BCUT2D eigenvalue weighted by Gasteiger charge is -2.12. The summed E-state index contributed by atoms with van der Waals surface area (Å²) in [4.78, 5) is 12.2. The number of nitrogens with zero attached hydrogens (tertiary/aromatic N) is 2. The van der Waals surface area contributed by atoms with Crippen LogP contribution in [0, 0.1) is 0 Å². The molecule has 6 heteroatoms. The molecule has 2 aromatic rings. The highest BCUT2D eigenvalue weighted by atomic mass is 16.5. The standard InChI is InChI=1S/C15H20N4O2/c1-3-21-14-12(5-4-6-13(14)16)15(20)17-9-7-11-8-10-18-19(11)2/h4-6,8,10H,3,7,9,16H2,1-2H3,(H,17,20). The molecular weight excluding hydrogens is 268 g/mol. The van der Waals surface area contributed by atoms with Gasteiger partial charge >= 0.3 is 0 Å². The monoisotopic (exact) mass is 288 g/mol. The number of anilines is 1. The zero-order valence-corrected chi connectivity index (χ0v) is 12.3. The Hall–Kier alpha value is -2.50. The molecule has 1 amide bonds. The molecule has 6 nitrogen and oxygen atoms in total. The summed E-state index contributed by atoms with van der Waals surface area (Å²) < 4.78 is 7.25. The number of aryl methyl sites for hydroxylation is 1. The number of ether oxygens (including phenoxy) is 1. The topological polar surface area (TPSA) is 82.2 Å². The van der Waals surface area contributed by atoms with Crippen molar-refractivity contribution in [2.75, 3.05) is 18.9 Å². The molecule has 2 rings (SSSR count). The summed E-state index contributed by atoms with van der Waals surface area (Å²) >= 11 is 0. The van der Waals surface area contributed by atoms with Crippen molar-refractivity contribution >= 4 is 11.6 Å². The van der Waals surface area contributed by atoms with Crippen molar-refractivity contribution in [2.24, 2.45) is 7.05 Å². The molecule has 0 bridgehead atoms. The summed E-state index contributed by atoms with van der Waals surface area (Å²) in [5, 5.41) is 6.96. The van der Waals surface area contributed by atoms with Crippen molar-refractivity contribution in [3.05, 3.63) is 41.7 Å². The first-order chi connectivity index (χ1) is 10.1. The van der Waals surface area contributed by atoms with Crippen LogP contribution in [0.1, 0.15) is 23.0 Å². The lowest BCUT2D eigenvalue weighted by Crippen LogP contribution is -2.27. The first-order valence-corrected chi connectivity index (χ1v) is 6.89. The number of benzene rings is 1. The summed E-state index contributed by atoms with van der Waals surface area (Å²) in [6, 6.07) is 7.10. The number of hydrogen-bond acceptors (Lipinski definition) is 4. The average molecular weight is 288 g/mol. The van der Waals surface area contributed by atoms with Gasteiger partial charge in [0.15, 0.2) is 5.75 Å². The van der Waals surface area contributed by atoms with Crippen LogP contribution < -0.4 is 15.8 Å². The first-order valence-electron chi connectivity index (χ1n) is 6.89. The molecule has 0 atom stereocenters. The van der Waals surface area contributed by atoms with E-state index in [0.29, 0.717) is 36.6 Å². The molecule has 0 saturated carbocycles. The van der Waals surface area contributed by atoms with Gasteiger partial charge in [-0.3, -0.25) is 9.48 Å². The van der Waals surface area contributed by atoms with Gasteiger partial charge < -0.3 is 15.8 Å². The van der Waals surface area contributed by atoms with E-state index in [0.717, 1.165) is 5.69 Å². The quantitative estimate of drug-likeness (QED) is 0.787. The number of carbonyl (C=O) groups is 1. The molecule has 0 spiro atoms. The van der Waals surface area contributed by atoms with Crippen LogP contribution in [0.5, 0.6) is 5.75 Å². The summed E-state index contributed by atoms with van der Waals surface area (Å²) in [5.74, 6) is 0.256. The van der Waals surface area contributed by atoms with Crippen molar-refractivity contribution < 1.29 is 9.53 Å². The predicted octanol–water partition coefficient (Wildman–Crippen LogP) is 1.37. The van der Waals surface area contributed by atoms with Gasteiger partial charge in [-0.25, -0.2) is 0 Å². The minimum Gasteiger partial charge on any atom is -0.491 e. The number of amides is 1. The van der Waals surface area contributed by atoms with E-state index in [1.807, 2.05) is 20.0 Å². The number of aromatic nitrogens is 2. The molecule has 0 unspecified atom stereocenters. The normalized spacial score (nSPS) is 10.4. The number of rotatable bonds is 6. The highest BCUT2D eigenvalue weighted by molar-refractivity contribution is 5.98. The Labute approximate surface area is 123 Å². The Balaban J connectivity index is 2.00. The Morgan fingerprint density at radius 3 is 2.90 bits per heavy atom. The van der Waals surface area contributed by atoms with Crippen LogP contribution in [0.4, 0.5) is 5.69 Å². The van der Waals surface area contributed by atoms with E-state index in [-0.39, 0.29) is 5.91 Å². The number of hydrogen-bond donors (Lipinski definition) is 2. The Morgan fingerprint density at radius 1 is 1.43 bits per heavy atom. The second-order valence-corrected chi connectivity index (χ2v) is 4.61. The zero-order chi connectivity index (χ0) is 15.2. The summed E-state index contributed by atoms with van der Waals surface area (Å²) in [6.45, 7) is 2.85. The van der Waals surface area contributed by atoms with Gasteiger partial charge in [0.05, 0.1) is 17.9 Å². The van der Waals surface area contributed by atoms with Gasteiger partial charge in [-0.2, -0.15) is 5.10 Å². The number of nitrogens with two attached hydrogens (primary N) is 1. The van der Waals surface area contributed by atoms with Crippen molar-refractivity contribution in [1.29, 1.82) is 0 Å². The van der Waals surface area contributed by atoms with E-state index in [1.54, 1.807) is 29.1 Å². The van der Waals surface area contributed by atoms with Crippen LogP contribution in [-0.2, 0) is 13.5 Å². The van der Waals surface area contributed by atoms with E-state index >= 15 is 0 Å². The Kier molecular flexibility index (Phi) is 4.81. The van der Waals surface area contributed by atoms with Gasteiger partial charge in [-0.05, 0) is 25.1 Å². The van der Waals surface area contributed by atoms with Crippen LogP contribution in [0.25, 0.3) is 0 Å². The van der Waals surface area contributed by atoms with E-state index in [2.05, 4.69) is 10.4 Å². The fourth-order valence-corrected chi connectivity index (χ4v) is 2.08. The van der Waals surface area contributed by atoms with E-state index < -0.39 is 0 Å². The molecule has 1 aromatic heterocycles. The van der Waals surface area contributed by atoms with E-state index in [1.165, 1.54) is 0 Å². The van der Waals surface area contributed by atoms with Crippen molar-refractivity contribution in [1.82, 2.24) is 15.1 Å². The van der Waals surface area contributed by atoms with Crippen molar-refractivity contribution in [2.45, 2.75) is 13.3 Å². The minimum absolute atomic E-state index is 0.187. The van der Waals surface area contributed by atoms with Crippen molar-refractivity contribution in [3.63, 3.8) is 0 Å². The molecule has 0 aliphatic heterocycles. The van der Waals surface area contributed by atoms with Crippen LogP contribution in [-0.4, -0.2) is 28.8 Å². The van der Waals surface area contributed by atoms with Gasteiger partial charge in [-0.1, -0.05) is 6.07 Å². The highest BCUT2D eigenvalue weighted by Gasteiger charge is 2.14. The molecule has 1 heterocycles. The average Bonchev–Trinajstić information content (AvgIpc) is 2.87.